The molecule has 16 heavy (non-hydrogen) atoms. The molecule has 0 spiro atoms. The molecule has 0 radical (unpaired) electrons. The second-order valence-electron chi connectivity index (χ2n) is 3.13. The maximum absolute atomic E-state index is 5.58. The third kappa shape index (κ3) is 2.11. The number of halogens is 1. The van der Waals surface area contributed by atoms with Gasteiger partial charge in [-0.3, -0.25) is 0 Å². The van der Waals surface area contributed by atoms with Crippen molar-refractivity contribution >= 4 is 27.3 Å². The monoisotopic (exact) mass is 298 g/mol. The second-order valence-corrected chi connectivity index (χ2v) is 4.97. The van der Waals surface area contributed by atoms with Crippen LogP contribution in [-0.4, -0.2) is 12.1 Å². The van der Waals surface area contributed by atoms with Gasteiger partial charge in [0.05, 0.1) is 12.0 Å². The fraction of sp³-hybridized carbons (Fsp3) is 0.182. The van der Waals surface area contributed by atoms with Crippen molar-refractivity contribution in [2.45, 2.75) is 6.54 Å². The molecule has 0 saturated carbocycles. The molecular weight excluding hydrogens is 288 g/mol. The lowest BCUT2D eigenvalue weighted by molar-refractivity contribution is 0.416. The van der Waals surface area contributed by atoms with Crippen molar-refractivity contribution in [2.75, 3.05) is 7.11 Å². The highest BCUT2D eigenvalue weighted by atomic mass is 79.9. The Hall–Kier alpha value is -0.910. The van der Waals surface area contributed by atoms with Crippen molar-refractivity contribution in [1.82, 2.24) is 4.98 Å². The Kier molecular flexibility index (Phi) is 3.58. The Bertz CT molecular complexity index is 498. The van der Waals surface area contributed by atoms with E-state index in [1.165, 1.54) is 0 Å². The van der Waals surface area contributed by atoms with Crippen LogP contribution in [0.2, 0.25) is 0 Å². The van der Waals surface area contributed by atoms with Gasteiger partial charge in [-0.2, -0.15) is 0 Å². The molecule has 0 atom stereocenters. The number of hydrogen-bond acceptors (Lipinski definition) is 4. The highest BCUT2D eigenvalue weighted by Crippen LogP contribution is 2.38. The number of benzene rings is 1. The first-order valence-electron chi connectivity index (χ1n) is 4.75. The predicted molar refractivity (Wildman–Crippen MR) is 69.7 cm³/mol. The van der Waals surface area contributed by atoms with E-state index in [4.69, 9.17) is 10.5 Å². The second kappa shape index (κ2) is 4.95. The van der Waals surface area contributed by atoms with Gasteiger partial charge in [0.25, 0.3) is 0 Å². The van der Waals surface area contributed by atoms with Crippen LogP contribution in [0.25, 0.3) is 10.4 Å². The maximum Gasteiger partial charge on any atom is 0.127 e. The lowest BCUT2D eigenvalue weighted by atomic mass is 10.2. The number of ether oxygens (including phenoxy) is 1. The van der Waals surface area contributed by atoms with E-state index in [1.807, 2.05) is 24.3 Å². The molecule has 0 bridgehead atoms. The molecule has 0 aliphatic heterocycles. The van der Waals surface area contributed by atoms with Gasteiger partial charge in [-0.05, 0) is 28.1 Å². The van der Waals surface area contributed by atoms with E-state index in [-0.39, 0.29) is 0 Å². The van der Waals surface area contributed by atoms with Crippen molar-refractivity contribution in [1.29, 1.82) is 0 Å². The van der Waals surface area contributed by atoms with Crippen LogP contribution >= 0.6 is 27.3 Å². The molecule has 0 unspecified atom stereocenters. The molecule has 0 fully saturated rings. The molecular formula is C11H11BrN2OS. The SMILES string of the molecule is COc1ccccc1-c1sc(CN)nc1Br. The zero-order valence-corrected chi connectivity index (χ0v) is 11.1. The molecule has 0 amide bonds. The molecule has 3 nitrogen and oxygen atoms in total. The van der Waals surface area contributed by atoms with Crippen molar-refractivity contribution < 1.29 is 4.74 Å². The van der Waals surface area contributed by atoms with Crippen LogP contribution < -0.4 is 10.5 Å². The quantitative estimate of drug-likeness (QED) is 0.947. The highest BCUT2D eigenvalue weighted by molar-refractivity contribution is 9.10. The fourth-order valence-corrected chi connectivity index (χ4v) is 3.08. The first-order chi connectivity index (χ1) is 7.76. The molecule has 1 heterocycles. The minimum absolute atomic E-state index is 0.457. The van der Waals surface area contributed by atoms with Crippen LogP contribution in [0.5, 0.6) is 5.75 Å². The largest absolute Gasteiger partial charge is 0.496 e. The van der Waals surface area contributed by atoms with Crippen LogP contribution in [0.1, 0.15) is 5.01 Å². The van der Waals surface area contributed by atoms with Crippen LogP contribution in [-0.2, 0) is 6.54 Å². The van der Waals surface area contributed by atoms with Gasteiger partial charge < -0.3 is 10.5 Å². The molecule has 2 rings (SSSR count). The van der Waals surface area contributed by atoms with Crippen molar-refractivity contribution in [3.63, 3.8) is 0 Å². The summed E-state index contributed by atoms with van der Waals surface area (Å²) >= 11 is 5.03. The lowest BCUT2D eigenvalue weighted by Crippen LogP contribution is -1.93. The lowest BCUT2D eigenvalue weighted by Gasteiger charge is -2.05. The number of hydrogen-bond donors (Lipinski definition) is 1. The predicted octanol–water partition coefficient (Wildman–Crippen LogP) is 3.04. The molecule has 0 aliphatic carbocycles. The first kappa shape index (κ1) is 11.6. The van der Waals surface area contributed by atoms with Crippen LogP contribution in [0.3, 0.4) is 0 Å². The Balaban J connectivity index is 2.53. The summed E-state index contributed by atoms with van der Waals surface area (Å²) in [6.45, 7) is 0.457. The summed E-state index contributed by atoms with van der Waals surface area (Å²) in [5, 5.41) is 0.910. The molecule has 1 aromatic heterocycles. The van der Waals surface area contributed by atoms with Gasteiger partial charge in [0.15, 0.2) is 0 Å². The Labute approximate surface area is 106 Å². The summed E-state index contributed by atoms with van der Waals surface area (Å²) < 4.78 is 6.15. The molecule has 0 saturated heterocycles. The van der Waals surface area contributed by atoms with E-state index >= 15 is 0 Å². The third-order valence-corrected chi connectivity index (χ3v) is 4.10. The Morgan fingerprint density at radius 3 is 2.81 bits per heavy atom. The summed E-state index contributed by atoms with van der Waals surface area (Å²) in [7, 11) is 1.66. The van der Waals surface area contributed by atoms with Gasteiger partial charge in [0.2, 0.25) is 0 Å². The molecule has 2 aromatic rings. The molecule has 0 aliphatic rings. The Morgan fingerprint density at radius 1 is 1.44 bits per heavy atom. The van der Waals surface area contributed by atoms with Gasteiger partial charge >= 0.3 is 0 Å². The fourth-order valence-electron chi connectivity index (χ4n) is 1.43. The number of thiazole rings is 1. The number of methoxy groups -OCH3 is 1. The van der Waals surface area contributed by atoms with Crippen LogP contribution in [0.4, 0.5) is 0 Å². The standard InChI is InChI=1S/C11H11BrN2OS/c1-15-8-5-3-2-4-7(8)10-11(12)14-9(6-13)16-10/h2-5H,6,13H2,1H3. The van der Waals surface area contributed by atoms with Crippen molar-refractivity contribution in [2.24, 2.45) is 5.73 Å². The minimum Gasteiger partial charge on any atom is -0.496 e. The maximum atomic E-state index is 5.58. The van der Waals surface area contributed by atoms with E-state index in [1.54, 1.807) is 18.4 Å². The van der Waals surface area contributed by atoms with Crippen LogP contribution in [0, 0.1) is 0 Å². The average Bonchev–Trinajstić information content (AvgIpc) is 2.70. The highest BCUT2D eigenvalue weighted by Gasteiger charge is 2.13. The smallest absolute Gasteiger partial charge is 0.127 e. The minimum atomic E-state index is 0.457. The van der Waals surface area contributed by atoms with E-state index in [0.717, 1.165) is 25.8 Å². The summed E-state index contributed by atoms with van der Waals surface area (Å²) in [6, 6.07) is 7.87. The van der Waals surface area contributed by atoms with E-state index in [0.29, 0.717) is 6.54 Å². The van der Waals surface area contributed by atoms with Gasteiger partial charge in [-0.15, -0.1) is 11.3 Å². The van der Waals surface area contributed by atoms with Gasteiger partial charge in [-0.25, -0.2) is 4.98 Å². The Morgan fingerprint density at radius 2 is 2.19 bits per heavy atom. The summed E-state index contributed by atoms with van der Waals surface area (Å²) in [4.78, 5) is 5.39. The third-order valence-electron chi connectivity index (χ3n) is 2.16. The average molecular weight is 299 g/mol. The van der Waals surface area contributed by atoms with E-state index in [2.05, 4.69) is 20.9 Å². The summed E-state index contributed by atoms with van der Waals surface area (Å²) in [6.07, 6.45) is 0. The molecule has 1 aromatic carbocycles. The molecule has 84 valence electrons. The zero-order chi connectivity index (χ0) is 11.5. The number of rotatable bonds is 3. The van der Waals surface area contributed by atoms with E-state index < -0.39 is 0 Å². The number of para-hydroxylation sites is 1. The summed E-state index contributed by atoms with van der Waals surface area (Å²) in [5.74, 6) is 0.843. The van der Waals surface area contributed by atoms with Crippen molar-refractivity contribution in [3.8, 4) is 16.2 Å². The number of nitrogens with two attached hydrogens (primary N) is 1. The normalized spacial score (nSPS) is 10.4. The van der Waals surface area contributed by atoms with Crippen LogP contribution in [0.15, 0.2) is 28.9 Å². The van der Waals surface area contributed by atoms with Gasteiger partial charge in [0, 0.05) is 12.1 Å². The zero-order valence-electron chi connectivity index (χ0n) is 8.74. The molecule has 5 heteroatoms. The summed E-state index contributed by atoms with van der Waals surface area (Å²) in [5.41, 5.74) is 6.61. The molecule has 2 N–H and O–H groups in total. The van der Waals surface area contributed by atoms with Gasteiger partial charge in [0.1, 0.15) is 15.4 Å². The number of nitrogens with zero attached hydrogens (tertiary/aromatic N) is 1. The topological polar surface area (TPSA) is 48.1 Å². The first-order valence-corrected chi connectivity index (χ1v) is 6.36. The van der Waals surface area contributed by atoms with E-state index in [9.17, 15) is 0 Å². The van der Waals surface area contributed by atoms with Gasteiger partial charge in [-0.1, -0.05) is 12.1 Å². The van der Waals surface area contributed by atoms with Crippen molar-refractivity contribution in [3.05, 3.63) is 33.9 Å². The number of aromatic nitrogens is 1.